The maximum absolute atomic E-state index is 12.2. The fourth-order valence-corrected chi connectivity index (χ4v) is 1.89. The molecule has 1 aromatic carbocycles. The molecule has 0 saturated heterocycles. The first-order valence-electron chi connectivity index (χ1n) is 6.45. The van der Waals surface area contributed by atoms with Crippen molar-refractivity contribution in [1.29, 1.82) is 0 Å². The summed E-state index contributed by atoms with van der Waals surface area (Å²) in [7, 11) is 2.97. The Balaban J connectivity index is 2.58. The molecule has 7 heteroatoms. The van der Waals surface area contributed by atoms with E-state index in [9.17, 15) is 9.59 Å². The molecule has 0 saturated carbocycles. The summed E-state index contributed by atoms with van der Waals surface area (Å²) in [6.07, 6.45) is 0.260. The van der Waals surface area contributed by atoms with E-state index in [1.807, 2.05) is 0 Å². The van der Waals surface area contributed by atoms with E-state index in [-0.39, 0.29) is 24.1 Å². The summed E-state index contributed by atoms with van der Waals surface area (Å²) in [4.78, 5) is 23.4. The minimum absolute atomic E-state index is 0.144. The number of carbonyl (C=O) groups is 2. The van der Waals surface area contributed by atoms with Crippen LogP contribution in [-0.2, 0) is 4.79 Å². The van der Waals surface area contributed by atoms with Crippen molar-refractivity contribution in [2.24, 2.45) is 0 Å². The van der Waals surface area contributed by atoms with E-state index in [1.165, 1.54) is 14.2 Å². The van der Waals surface area contributed by atoms with Crippen molar-refractivity contribution in [2.45, 2.75) is 6.42 Å². The largest absolute Gasteiger partial charge is 0.496 e. The number of hydrogen-bond donors (Lipinski definition) is 2. The summed E-state index contributed by atoms with van der Waals surface area (Å²) in [5, 5.41) is 5.35. The summed E-state index contributed by atoms with van der Waals surface area (Å²) in [5.41, 5.74) is 0.328. The summed E-state index contributed by atoms with van der Waals surface area (Å²) in [6, 6.07) is 5.10. The van der Waals surface area contributed by atoms with Gasteiger partial charge in [0, 0.05) is 25.4 Å². The maximum atomic E-state index is 12.2. The zero-order chi connectivity index (χ0) is 15.7. The Labute approximate surface area is 128 Å². The van der Waals surface area contributed by atoms with Crippen LogP contribution in [0.5, 0.6) is 11.5 Å². The van der Waals surface area contributed by atoms with Gasteiger partial charge in [-0.2, -0.15) is 0 Å². The molecule has 0 aliphatic heterocycles. The fraction of sp³-hybridized carbons (Fsp3) is 0.429. The molecule has 0 aliphatic carbocycles. The minimum atomic E-state index is -0.323. The van der Waals surface area contributed by atoms with Crippen LogP contribution >= 0.6 is 11.6 Å². The molecule has 0 fully saturated rings. The van der Waals surface area contributed by atoms with E-state index in [4.69, 9.17) is 21.1 Å². The molecule has 0 aromatic heterocycles. The Bertz CT molecular complexity index is 472. The molecule has 116 valence electrons. The van der Waals surface area contributed by atoms with Crippen molar-refractivity contribution >= 4 is 23.4 Å². The van der Waals surface area contributed by atoms with E-state index >= 15 is 0 Å². The number of ether oxygens (including phenoxy) is 2. The predicted octanol–water partition coefficient (Wildman–Crippen LogP) is 1.18. The lowest BCUT2D eigenvalue weighted by atomic mass is 10.1. The molecule has 0 spiro atoms. The topological polar surface area (TPSA) is 76.7 Å². The lowest BCUT2D eigenvalue weighted by molar-refractivity contribution is -0.120. The smallest absolute Gasteiger partial charge is 0.258 e. The fourth-order valence-electron chi connectivity index (χ4n) is 1.72. The number of hydrogen-bond acceptors (Lipinski definition) is 4. The Morgan fingerprint density at radius 3 is 2.19 bits per heavy atom. The number of rotatable bonds is 8. The van der Waals surface area contributed by atoms with Gasteiger partial charge in [-0.05, 0) is 12.1 Å². The van der Waals surface area contributed by atoms with E-state index in [0.29, 0.717) is 30.2 Å². The van der Waals surface area contributed by atoms with Gasteiger partial charge in [0.15, 0.2) is 0 Å². The third-order valence-corrected chi connectivity index (χ3v) is 2.90. The van der Waals surface area contributed by atoms with Gasteiger partial charge in [-0.1, -0.05) is 6.07 Å². The number of nitrogens with one attached hydrogen (secondary N) is 2. The van der Waals surface area contributed by atoms with Gasteiger partial charge in [-0.3, -0.25) is 9.59 Å². The van der Waals surface area contributed by atoms with Crippen molar-refractivity contribution in [3.63, 3.8) is 0 Å². The average molecular weight is 315 g/mol. The van der Waals surface area contributed by atoms with Crippen LogP contribution in [0.25, 0.3) is 0 Å². The SMILES string of the molecule is COc1cccc(OC)c1C(=O)NCCNC(=O)CCCl. The minimum Gasteiger partial charge on any atom is -0.496 e. The van der Waals surface area contributed by atoms with E-state index in [2.05, 4.69) is 10.6 Å². The molecule has 2 N–H and O–H groups in total. The summed E-state index contributed by atoms with van der Waals surface area (Å²) in [5.74, 6) is 0.664. The molecule has 1 aromatic rings. The van der Waals surface area contributed by atoms with Crippen LogP contribution in [-0.4, -0.2) is 45.0 Å². The number of alkyl halides is 1. The van der Waals surface area contributed by atoms with Crippen LogP contribution in [0.3, 0.4) is 0 Å². The highest BCUT2D eigenvalue weighted by Gasteiger charge is 2.17. The Morgan fingerprint density at radius 1 is 1.10 bits per heavy atom. The highest BCUT2D eigenvalue weighted by Crippen LogP contribution is 2.27. The van der Waals surface area contributed by atoms with Crippen LogP contribution in [0, 0.1) is 0 Å². The van der Waals surface area contributed by atoms with Gasteiger partial charge in [0.1, 0.15) is 17.1 Å². The van der Waals surface area contributed by atoms with E-state index in [1.54, 1.807) is 18.2 Å². The molecular formula is C14H19ClN2O4. The van der Waals surface area contributed by atoms with Crippen molar-refractivity contribution in [2.75, 3.05) is 33.2 Å². The lowest BCUT2D eigenvalue weighted by Crippen LogP contribution is -2.35. The highest BCUT2D eigenvalue weighted by atomic mass is 35.5. The maximum Gasteiger partial charge on any atom is 0.258 e. The molecule has 0 bridgehead atoms. The monoisotopic (exact) mass is 314 g/mol. The molecule has 0 unspecified atom stereocenters. The molecule has 0 heterocycles. The average Bonchev–Trinajstić information content (AvgIpc) is 2.50. The second kappa shape index (κ2) is 9.07. The summed E-state index contributed by atoms with van der Waals surface area (Å²) in [6.45, 7) is 0.632. The molecule has 2 amide bonds. The normalized spacial score (nSPS) is 9.86. The first kappa shape index (κ1) is 17.1. The Morgan fingerprint density at radius 2 is 1.67 bits per heavy atom. The predicted molar refractivity (Wildman–Crippen MR) is 80.2 cm³/mol. The Hall–Kier alpha value is -1.95. The molecule has 0 radical (unpaired) electrons. The molecular weight excluding hydrogens is 296 g/mol. The van der Waals surface area contributed by atoms with Crippen molar-refractivity contribution in [3.8, 4) is 11.5 Å². The van der Waals surface area contributed by atoms with E-state index in [0.717, 1.165) is 0 Å². The number of carbonyl (C=O) groups excluding carboxylic acids is 2. The highest BCUT2D eigenvalue weighted by molar-refractivity contribution is 6.18. The van der Waals surface area contributed by atoms with Crippen LogP contribution in [0.15, 0.2) is 18.2 Å². The zero-order valence-corrected chi connectivity index (χ0v) is 12.8. The molecule has 21 heavy (non-hydrogen) atoms. The van der Waals surface area contributed by atoms with Gasteiger partial charge in [0.2, 0.25) is 5.91 Å². The molecule has 1 rings (SSSR count). The van der Waals surface area contributed by atoms with Crippen LogP contribution in [0.1, 0.15) is 16.8 Å². The van der Waals surface area contributed by atoms with Crippen molar-refractivity contribution < 1.29 is 19.1 Å². The van der Waals surface area contributed by atoms with Crippen molar-refractivity contribution in [3.05, 3.63) is 23.8 Å². The number of amides is 2. The molecule has 0 aliphatic rings. The molecule has 0 atom stereocenters. The molecule has 6 nitrogen and oxygen atoms in total. The summed E-state index contributed by atoms with van der Waals surface area (Å²) >= 11 is 5.45. The van der Waals surface area contributed by atoms with E-state index < -0.39 is 0 Å². The first-order valence-corrected chi connectivity index (χ1v) is 6.99. The second-order valence-electron chi connectivity index (χ2n) is 4.08. The van der Waals surface area contributed by atoms with Crippen LogP contribution in [0.4, 0.5) is 0 Å². The van der Waals surface area contributed by atoms with Crippen LogP contribution < -0.4 is 20.1 Å². The third-order valence-electron chi connectivity index (χ3n) is 2.71. The van der Waals surface area contributed by atoms with Gasteiger partial charge < -0.3 is 20.1 Å². The first-order chi connectivity index (χ1) is 10.1. The van der Waals surface area contributed by atoms with Gasteiger partial charge >= 0.3 is 0 Å². The number of halogens is 1. The van der Waals surface area contributed by atoms with Crippen molar-refractivity contribution in [1.82, 2.24) is 10.6 Å². The van der Waals surface area contributed by atoms with Gasteiger partial charge in [-0.15, -0.1) is 11.6 Å². The standard InChI is InChI=1S/C14H19ClN2O4/c1-20-10-4-3-5-11(21-2)13(10)14(19)17-9-8-16-12(18)6-7-15/h3-5H,6-9H2,1-2H3,(H,16,18)(H,17,19). The summed E-state index contributed by atoms with van der Waals surface area (Å²) < 4.78 is 10.3. The van der Waals surface area contributed by atoms with Gasteiger partial charge in [0.25, 0.3) is 5.91 Å². The van der Waals surface area contributed by atoms with Gasteiger partial charge in [-0.25, -0.2) is 0 Å². The zero-order valence-electron chi connectivity index (χ0n) is 12.1. The van der Waals surface area contributed by atoms with Crippen LogP contribution in [0.2, 0.25) is 0 Å². The Kier molecular flexibility index (Phi) is 7.39. The number of benzene rings is 1. The second-order valence-corrected chi connectivity index (χ2v) is 4.46. The quantitative estimate of drug-likeness (QED) is 0.558. The number of methoxy groups -OCH3 is 2. The third kappa shape index (κ3) is 5.15. The van der Waals surface area contributed by atoms with Gasteiger partial charge in [0.05, 0.1) is 14.2 Å². The lowest BCUT2D eigenvalue weighted by Gasteiger charge is -2.13.